The number of fused-ring (bicyclic) bond motifs is 2. The molecule has 0 fully saturated rings. The second kappa shape index (κ2) is 8.77. The lowest BCUT2D eigenvalue weighted by molar-refractivity contribution is -0.143. The average molecular weight is 439 g/mol. The summed E-state index contributed by atoms with van der Waals surface area (Å²) in [7, 11) is 1.54. The van der Waals surface area contributed by atoms with E-state index in [0.717, 1.165) is 22.0 Å². The van der Waals surface area contributed by atoms with Crippen molar-refractivity contribution in [2.75, 3.05) is 13.7 Å². The van der Waals surface area contributed by atoms with Crippen LogP contribution >= 0.6 is 11.3 Å². The van der Waals surface area contributed by atoms with Crippen molar-refractivity contribution >= 4 is 44.4 Å². The van der Waals surface area contributed by atoms with E-state index in [2.05, 4.69) is 18.0 Å². The first-order chi connectivity index (χ1) is 15.0. The summed E-state index contributed by atoms with van der Waals surface area (Å²) in [6, 6.07) is 13.1. The fraction of sp³-hybridized carbons (Fsp3) is 0.261. The Morgan fingerprint density at radius 2 is 2.00 bits per heavy atom. The first-order valence-electron chi connectivity index (χ1n) is 9.97. The second-order valence-corrected chi connectivity index (χ2v) is 7.85. The molecule has 0 saturated heterocycles. The molecule has 0 saturated carbocycles. The van der Waals surface area contributed by atoms with Crippen molar-refractivity contribution < 1.29 is 23.5 Å². The average Bonchev–Trinajstić information content (AvgIpc) is 3.35. The number of esters is 1. The van der Waals surface area contributed by atoms with Crippen molar-refractivity contribution in [2.24, 2.45) is 4.99 Å². The van der Waals surface area contributed by atoms with Gasteiger partial charge in [-0.2, -0.15) is 4.99 Å². The number of para-hydroxylation sites is 1. The largest absolute Gasteiger partial charge is 0.493 e. The van der Waals surface area contributed by atoms with E-state index in [4.69, 9.17) is 13.9 Å². The molecule has 4 rings (SSSR count). The molecule has 0 bridgehead atoms. The predicted octanol–water partition coefficient (Wildman–Crippen LogP) is 4.32. The lowest BCUT2D eigenvalue weighted by Gasteiger charge is -2.05. The number of benzene rings is 2. The van der Waals surface area contributed by atoms with Crippen molar-refractivity contribution in [1.82, 2.24) is 4.57 Å². The number of hydrogen-bond donors (Lipinski definition) is 0. The Morgan fingerprint density at radius 1 is 1.16 bits per heavy atom. The van der Waals surface area contributed by atoms with E-state index >= 15 is 0 Å². The lowest BCUT2D eigenvalue weighted by atomic mass is 10.2. The monoisotopic (exact) mass is 438 g/mol. The van der Waals surface area contributed by atoms with Gasteiger partial charge in [-0.05, 0) is 43.2 Å². The van der Waals surface area contributed by atoms with Gasteiger partial charge in [0.2, 0.25) is 0 Å². The van der Waals surface area contributed by atoms with Gasteiger partial charge in [-0.1, -0.05) is 36.5 Å². The minimum atomic E-state index is -0.530. The molecule has 0 radical (unpaired) electrons. The Bertz CT molecular complexity index is 1350. The van der Waals surface area contributed by atoms with E-state index in [-0.39, 0.29) is 24.9 Å². The summed E-state index contributed by atoms with van der Waals surface area (Å²) in [5, 5.41) is 0.751. The minimum Gasteiger partial charge on any atom is -0.493 e. The van der Waals surface area contributed by atoms with Gasteiger partial charge in [-0.15, -0.1) is 0 Å². The molecule has 160 valence electrons. The molecule has 0 aliphatic rings. The van der Waals surface area contributed by atoms with Crippen molar-refractivity contribution in [1.29, 1.82) is 0 Å². The molecule has 2 heterocycles. The fourth-order valence-electron chi connectivity index (χ4n) is 3.36. The Hall–Kier alpha value is -3.39. The van der Waals surface area contributed by atoms with Crippen molar-refractivity contribution in [3.63, 3.8) is 0 Å². The van der Waals surface area contributed by atoms with Gasteiger partial charge in [0.05, 0.1) is 23.9 Å². The second-order valence-electron chi connectivity index (χ2n) is 6.84. The number of hydrogen-bond acceptors (Lipinski definition) is 6. The van der Waals surface area contributed by atoms with Crippen LogP contribution in [0.5, 0.6) is 5.75 Å². The minimum absolute atomic E-state index is 0.0284. The molecule has 7 nitrogen and oxygen atoms in total. The van der Waals surface area contributed by atoms with Crippen LogP contribution in [0.25, 0.3) is 21.2 Å². The van der Waals surface area contributed by atoms with Gasteiger partial charge in [0, 0.05) is 5.39 Å². The maximum absolute atomic E-state index is 12.9. The van der Waals surface area contributed by atoms with Crippen molar-refractivity contribution in [2.45, 2.75) is 26.8 Å². The van der Waals surface area contributed by atoms with Gasteiger partial charge in [0.15, 0.2) is 21.9 Å². The number of aromatic nitrogens is 1. The van der Waals surface area contributed by atoms with E-state index in [1.54, 1.807) is 30.7 Å². The zero-order valence-electron chi connectivity index (χ0n) is 17.5. The predicted molar refractivity (Wildman–Crippen MR) is 118 cm³/mol. The van der Waals surface area contributed by atoms with Gasteiger partial charge in [0.25, 0.3) is 0 Å². The van der Waals surface area contributed by atoms with Gasteiger partial charge in [-0.3, -0.25) is 9.59 Å². The number of methoxy groups -OCH3 is 1. The summed E-state index contributed by atoms with van der Waals surface area (Å²) < 4.78 is 18.8. The third-order valence-electron chi connectivity index (χ3n) is 4.88. The molecular formula is C23H22N2O5S. The molecule has 2 aromatic heterocycles. The Kier molecular flexibility index (Phi) is 5.90. The van der Waals surface area contributed by atoms with Crippen LogP contribution in [0.3, 0.4) is 0 Å². The topological polar surface area (TPSA) is 83.0 Å². The first-order valence-corrected chi connectivity index (χ1v) is 10.8. The lowest BCUT2D eigenvalue weighted by Crippen LogP contribution is -2.23. The maximum Gasteiger partial charge on any atom is 0.326 e. The van der Waals surface area contributed by atoms with Crippen molar-refractivity contribution in [3.8, 4) is 5.75 Å². The van der Waals surface area contributed by atoms with Crippen LogP contribution in [0.2, 0.25) is 0 Å². The number of carbonyl (C=O) groups is 2. The third-order valence-corrected chi connectivity index (χ3v) is 5.92. The zero-order chi connectivity index (χ0) is 22.0. The number of furan rings is 1. The highest BCUT2D eigenvalue weighted by atomic mass is 32.1. The number of ether oxygens (including phenoxy) is 2. The number of nitrogens with zero attached hydrogens (tertiary/aromatic N) is 2. The van der Waals surface area contributed by atoms with Gasteiger partial charge in [-0.25, -0.2) is 0 Å². The number of amides is 1. The zero-order valence-corrected chi connectivity index (χ0v) is 18.3. The number of thiazole rings is 1. The van der Waals surface area contributed by atoms with Crippen LogP contribution < -0.4 is 9.54 Å². The quantitative estimate of drug-likeness (QED) is 0.419. The molecule has 0 aliphatic heterocycles. The summed E-state index contributed by atoms with van der Waals surface area (Å²) in [6.07, 6.45) is 0.887. The SMILES string of the molecule is CCOC(=O)Cn1c(=NC(=O)c2cc3cccc(OC)c3o2)sc2cc(CC)ccc21. The summed E-state index contributed by atoms with van der Waals surface area (Å²) in [5.41, 5.74) is 2.49. The molecule has 0 N–H and O–H groups in total. The summed E-state index contributed by atoms with van der Waals surface area (Å²) in [4.78, 5) is 29.8. The summed E-state index contributed by atoms with van der Waals surface area (Å²) >= 11 is 1.35. The molecule has 0 atom stereocenters. The highest BCUT2D eigenvalue weighted by Crippen LogP contribution is 2.28. The fourth-order valence-corrected chi connectivity index (χ4v) is 4.45. The normalized spacial score (nSPS) is 11.9. The van der Waals surface area contributed by atoms with E-state index in [1.165, 1.54) is 16.9 Å². The Balaban J connectivity index is 1.81. The molecule has 1 amide bonds. The summed E-state index contributed by atoms with van der Waals surface area (Å²) in [5.74, 6) is -0.265. The molecule has 8 heteroatoms. The van der Waals surface area contributed by atoms with E-state index in [9.17, 15) is 9.59 Å². The summed E-state index contributed by atoms with van der Waals surface area (Å²) in [6.45, 7) is 4.09. The maximum atomic E-state index is 12.9. The van der Waals surface area contributed by atoms with Crippen LogP contribution in [-0.2, 0) is 22.5 Å². The number of carbonyl (C=O) groups excluding carboxylic acids is 2. The van der Waals surface area contributed by atoms with Gasteiger partial charge >= 0.3 is 11.9 Å². The smallest absolute Gasteiger partial charge is 0.326 e. The Labute approximate surface area is 182 Å². The standard InChI is InChI=1S/C23H22N2O5S/c1-4-14-9-10-16-19(11-14)31-23(25(16)13-20(26)29-5-2)24-22(27)18-12-15-7-6-8-17(28-3)21(15)30-18/h6-12H,4-5,13H2,1-3H3. The molecule has 0 aliphatic carbocycles. The van der Waals surface area contributed by atoms with Crippen LogP contribution in [0.15, 0.2) is 51.9 Å². The van der Waals surface area contributed by atoms with Crippen molar-refractivity contribution in [3.05, 3.63) is 58.6 Å². The molecule has 31 heavy (non-hydrogen) atoms. The molecule has 2 aromatic carbocycles. The molecule has 0 spiro atoms. The van der Waals surface area contributed by atoms with Crippen LogP contribution in [0.4, 0.5) is 0 Å². The van der Waals surface area contributed by atoms with E-state index < -0.39 is 5.91 Å². The van der Waals surface area contributed by atoms with Crippen LogP contribution in [0.1, 0.15) is 30.0 Å². The number of aryl methyl sites for hydroxylation is 1. The highest BCUT2D eigenvalue weighted by molar-refractivity contribution is 7.16. The van der Waals surface area contributed by atoms with Crippen LogP contribution in [0, 0.1) is 0 Å². The van der Waals surface area contributed by atoms with E-state index in [0.29, 0.717) is 16.1 Å². The van der Waals surface area contributed by atoms with Gasteiger partial charge in [0.1, 0.15) is 6.54 Å². The molecule has 0 unspecified atom stereocenters. The Morgan fingerprint density at radius 3 is 2.74 bits per heavy atom. The molecule has 4 aromatic rings. The first kappa shape index (κ1) is 20.9. The number of rotatable bonds is 6. The van der Waals surface area contributed by atoms with Gasteiger partial charge < -0.3 is 18.5 Å². The third kappa shape index (κ3) is 4.11. The van der Waals surface area contributed by atoms with Crippen LogP contribution in [-0.4, -0.2) is 30.2 Å². The van der Waals surface area contributed by atoms with E-state index in [1.807, 2.05) is 24.3 Å². The highest BCUT2D eigenvalue weighted by Gasteiger charge is 2.17. The molecular weight excluding hydrogens is 416 g/mol.